The van der Waals surface area contributed by atoms with Gasteiger partial charge in [-0.1, -0.05) is 18.2 Å². The highest BCUT2D eigenvalue weighted by Crippen LogP contribution is 2.34. The number of aromatic nitrogens is 2. The third kappa shape index (κ3) is 5.83. The fourth-order valence-electron chi connectivity index (χ4n) is 4.01. The van der Waals surface area contributed by atoms with Gasteiger partial charge in [-0.15, -0.1) is 13.2 Å². The number of ether oxygens (including phenoxy) is 2. The molecule has 0 saturated carbocycles. The normalized spacial score (nSPS) is 11.6. The van der Waals surface area contributed by atoms with Crippen molar-refractivity contribution in [1.29, 1.82) is 0 Å². The maximum Gasteiger partial charge on any atom is 0.573 e. The third-order valence-corrected chi connectivity index (χ3v) is 5.69. The van der Waals surface area contributed by atoms with E-state index in [1.54, 1.807) is 0 Å². The number of benzene rings is 3. The van der Waals surface area contributed by atoms with Crippen molar-refractivity contribution in [3.63, 3.8) is 0 Å². The van der Waals surface area contributed by atoms with Gasteiger partial charge >= 0.3 is 12.1 Å². The maximum atomic E-state index is 13.5. The van der Waals surface area contributed by atoms with E-state index in [9.17, 15) is 32.3 Å². The van der Waals surface area contributed by atoms with Crippen LogP contribution in [0.15, 0.2) is 70.3 Å². The second-order valence-corrected chi connectivity index (χ2v) is 8.24. The Labute approximate surface area is 207 Å². The van der Waals surface area contributed by atoms with Crippen molar-refractivity contribution in [2.24, 2.45) is 7.05 Å². The molecule has 0 aliphatic carbocycles. The first-order chi connectivity index (χ1) is 17.6. The molecule has 0 fully saturated rings. The lowest BCUT2D eigenvalue weighted by atomic mass is 9.99. The van der Waals surface area contributed by atoms with E-state index in [2.05, 4.69) is 4.74 Å². The topological polar surface area (TPSA) is 82.7 Å². The van der Waals surface area contributed by atoms with Crippen LogP contribution in [0.5, 0.6) is 17.2 Å². The molecule has 4 aromatic rings. The average Bonchev–Trinajstić information content (AvgIpc) is 2.84. The molecule has 0 saturated heterocycles. The fraction of sp³-hybridized carbons (Fsp3) is 0.231. The van der Waals surface area contributed by atoms with Crippen LogP contribution < -0.4 is 20.7 Å². The number of rotatable bonds is 8. The van der Waals surface area contributed by atoms with Crippen LogP contribution in [-0.4, -0.2) is 27.2 Å². The molecule has 7 nitrogen and oxygen atoms in total. The lowest BCUT2D eigenvalue weighted by Crippen LogP contribution is -2.39. The Morgan fingerprint density at radius 2 is 1.68 bits per heavy atom. The van der Waals surface area contributed by atoms with Crippen LogP contribution in [0.4, 0.5) is 17.6 Å². The predicted molar refractivity (Wildman–Crippen MR) is 128 cm³/mol. The first-order valence-corrected chi connectivity index (χ1v) is 11.2. The summed E-state index contributed by atoms with van der Waals surface area (Å²) in [6, 6.07) is 13.5. The molecule has 1 N–H and O–H groups in total. The summed E-state index contributed by atoms with van der Waals surface area (Å²) in [7, 11) is 1.50. The van der Waals surface area contributed by atoms with E-state index in [1.807, 2.05) is 0 Å². The van der Waals surface area contributed by atoms with Gasteiger partial charge in [0.1, 0.15) is 23.1 Å². The summed E-state index contributed by atoms with van der Waals surface area (Å²) in [5, 5.41) is 9.37. The number of nitrogens with zero attached hydrogens (tertiary/aromatic N) is 2. The number of alkyl halides is 3. The Balaban J connectivity index is 1.90. The number of halogens is 4. The smallest absolute Gasteiger partial charge is 0.457 e. The Bertz CT molecular complexity index is 1540. The summed E-state index contributed by atoms with van der Waals surface area (Å²) >= 11 is 0. The van der Waals surface area contributed by atoms with Crippen LogP contribution in [0.2, 0.25) is 0 Å². The molecule has 0 bridgehead atoms. The number of aliphatic hydroxyl groups excluding tert-OH is 1. The van der Waals surface area contributed by atoms with Crippen molar-refractivity contribution < 1.29 is 32.1 Å². The zero-order valence-electron chi connectivity index (χ0n) is 19.6. The van der Waals surface area contributed by atoms with Gasteiger partial charge in [0, 0.05) is 38.2 Å². The van der Waals surface area contributed by atoms with Crippen molar-refractivity contribution in [2.45, 2.75) is 25.7 Å². The molecule has 0 unspecified atom stereocenters. The molecule has 37 heavy (non-hydrogen) atoms. The van der Waals surface area contributed by atoms with Crippen LogP contribution >= 0.6 is 0 Å². The summed E-state index contributed by atoms with van der Waals surface area (Å²) in [6.45, 7) is -0.245. The summed E-state index contributed by atoms with van der Waals surface area (Å²) in [5.74, 6) is -0.759. The van der Waals surface area contributed by atoms with Gasteiger partial charge in [0.2, 0.25) is 0 Å². The van der Waals surface area contributed by atoms with Crippen molar-refractivity contribution >= 4 is 10.9 Å². The van der Waals surface area contributed by atoms with Crippen LogP contribution in [-0.2, 0) is 20.0 Å². The number of hydrogen-bond acceptors (Lipinski definition) is 5. The van der Waals surface area contributed by atoms with Gasteiger partial charge in [0.05, 0.1) is 10.9 Å². The van der Waals surface area contributed by atoms with Gasteiger partial charge in [0.25, 0.3) is 5.56 Å². The zero-order chi connectivity index (χ0) is 26.7. The molecule has 0 aliphatic heterocycles. The second kappa shape index (κ2) is 10.5. The highest BCUT2D eigenvalue weighted by molar-refractivity contribution is 5.84. The summed E-state index contributed by atoms with van der Waals surface area (Å²) < 4.78 is 63.7. The summed E-state index contributed by atoms with van der Waals surface area (Å²) in [5.41, 5.74) is 0.120. The quantitative estimate of drug-likeness (QED) is 0.348. The summed E-state index contributed by atoms with van der Waals surface area (Å²) in [6.07, 6.45) is -4.62. The first-order valence-electron chi connectivity index (χ1n) is 11.2. The van der Waals surface area contributed by atoms with E-state index in [1.165, 1.54) is 60.1 Å². The monoisotopic (exact) mass is 518 g/mol. The van der Waals surface area contributed by atoms with Crippen LogP contribution in [0.25, 0.3) is 10.9 Å². The lowest BCUT2D eigenvalue weighted by Gasteiger charge is -2.17. The van der Waals surface area contributed by atoms with Crippen LogP contribution in [0, 0.1) is 5.82 Å². The number of aliphatic hydroxyl groups is 1. The van der Waals surface area contributed by atoms with Gasteiger partial charge in [-0.25, -0.2) is 9.18 Å². The Morgan fingerprint density at radius 3 is 2.35 bits per heavy atom. The minimum atomic E-state index is -4.89. The Morgan fingerprint density at radius 1 is 0.973 bits per heavy atom. The SMILES string of the molecule is Cn1c(=O)n(CCCO)c(=O)c2c(Cc3ccc(F)cc3)c(Oc3cccc(OC(F)(F)F)c3)ccc21. The number of hydrogen-bond donors (Lipinski definition) is 1. The van der Waals surface area contributed by atoms with E-state index < -0.39 is 29.2 Å². The molecule has 194 valence electrons. The number of fused-ring (bicyclic) bond motifs is 1. The van der Waals surface area contributed by atoms with Crippen molar-refractivity contribution in [3.05, 3.63) is 98.4 Å². The molecule has 1 heterocycles. The summed E-state index contributed by atoms with van der Waals surface area (Å²) in [4.78, 5) is 26.3. The van der Waals surface area contributed by atoms with E-state index in [0.29, 0.717) is 16.6 Å². The molecule has 3 aromatic carbocycles. The van der Waals surface area contributed by atoms with Crippen molar-refractivity contribution in [2.75, 3.05) is 6.61 Å². The van der Waals surface area contributed by atoms with Gasteiger partial charge in [-0.05, 0) is 48.4 Å². The van der Waals surface area contributed by atoms with Gasteiger partial charge in [-0.2, -0.15) is 0 Å². The van der Waals surface area contributed by atoms with Crippen molar-refractivity contribution in [3.8, 4) is 17.2 Å². The maximum absolute atomic E-state index is 13.5. The standard InChI is InChI=1S/C26H22F4N2O5/c1-31-21-10-11-22(36-18-4-2-5-19(15-18)37-26(28,29)30)20(14-16-6-8-17(27)9-7-16)23(21)24(34)32(25(31)35)12-3-13-33/h2,4-11,15,33H,3,12-14H2,1H3. The molecular formula is C26H22F4N2O5. The van der Waals surface area contributed by atoms with Crippen LogP contribution in [0.1, 0.15) is 17.5 Å². The molecule has 4 rings (SSSR count). The molecule has 0 aliphatic rings. The van der Waals surface area contributed by atoms with Gasteiger partial charge < -0.3 is 14.6 Å². The van der Waals surface area contributed by atoms with E-state index in [4.69, 9.17) is 4.74 Å². The predicted octanol–water partition coefficient (Wildman–Crippen LogP) is 4.50. The third-order valence-electron chi connectivity index (χ3n) is 5.69. The molecule has 0 spiro atoms. The Kier molecular flexibility index (Phi) is 7.35. The molecular weight excluding hydrogens is 496 g/mol. The highest BCUT2D eigenvalue weighted by Gasteiger charge is 2.31. The molecule has 0 atom stereocenters. The minimum Gasteiger partial charge on any atom is -0.457 e. The largest absolute Gasteiger partial charge is 0.573 e. The highest BCUT2D eigenvalue weighted by atomic mass is 19.4. The zero-order valence-corrected chi connectivity index (χ0v) is 19.6. The van der Waals surface area contributed by atoms with E-state index in [0.717, 1.165) is 16.7 Å². The Hall–Kier alpha value is -4.12. The lowest BCUT2D eigenvalue weighted by molar-refractivity contribution is -0.274. The first kappa shape index (κ1) is 26.0. The molecule has 1 aromatic heterocycles. The molecule has 11 heteroatoms. The van der Waals surface area contributed by atoms with Crippen LogP contribution in [0.3, 0.4) is 0 Å². The van der Waals surface area contributed by atoms with E-state index >= 15 is 0 Å². The fourth-order valence-corrected chi connectivity index (χ4v) is 4.01. The average molecular weight is 518 g/mol. The van der Waals surface area contributed by atoms with Gasteiger partial charge in [-0.3, -0.25) is 13.9 Å². The van der Waals surface area contributed by atoms with Gasteiger partial charge in [0.15, 0.2) is 0 Å². The molecule has 0 radical (unpaired) electrons. The number of aryl methyl sites for hydroxylation is 1. The minimum absolute atomic E-state index is 0.0180. The molecule has 0 amide bonds. The van der Waals surface area contributed by atoms with E-state index in [-0.39, 0.29) is 42.9 Å². The second-order valence-electron chi connectivity index (χ2n) is 8.24. The van der Waals surface area contributed by atoms with Crippen molar-refractivity contribution in [1.82, 2.24) is 9.13 Å².